The second kappa shape index (κ2) is 7.71. The van der Waals surface area contributed by atoms with E-state index in [4.69, 9.17) is 16.3 Å². The van der Waals surface area contributed by atoms with Crippen LogP contribution >= 0.6 is 11.6 Å². The molecule has 1 N–H and O–H groups in total. The number of benzene rings is 1. The Bertz CT molecular complexity index is 1080. The quantitative estimate of drug-likeness (QED) is 0.694. The fourth-order valence-electron chi connectivity index (χ4n) is 3.48. The largest absolute Gasteiger partial charge is 0.481 e. The lowest BCUT2D eigenvalue weighted by Crippen LogP contribution is -2.24. The molecule has 2 amide bonds. The fraction of sp³-hybridized carbons (Fsp3) is 0.300. The Morgan fingerprint density at radius 2 is 2.10 bits per heavy atom. The summed E-state index contributed by atoms with van der Waals surface area (Å²) in [4.78, 5) is 31.4. The SMILES string of the molecule is CCN1C[C@@H](c2cc(OC)n3ncc(C(=O)Nc4ccc(Cl)cc4)c3n2)CC1=O. The summed E-state index contributed by atoms with van der Waals surface area (Å²) in [5.41, 5.74) is 2.02. The van der Waals surface area contributed by atoms with Crippen molar-refractivity contribution in [2.75, 3.05) is 25.5 Å². The van der Waals surface area contributed by atoms with Crippen molar-refractivity contribution in [2.45, 2.75) is 19.3 Å². The standard InChI is InChI=1S/C20H20ClN5O3/c1-3-25-11-12(8-17(25)27)16-9-18(29-2)26-19(24-16)15(10-22-26)20(28)23-14-6-4-13(21)5-7-14/h4-7,9-10,12H,3,8,11H2,1-2H3,(H,23,28)/t12-/m0/s1. The minimum Gasteiger partial charge on any atom is -0.481 e. The van der Waals surface area contributed by atoms with Crippen molar-refractivity contribution in [2.24, 2.45) is 0 Å². The first kappa shape index (κ1) is 19.2. The third-order valence-electron chi connectivity index (χ3n) is 5.03. The number of methoxy groups -OCH3 is 1. The van der Waals surface area contributed by atoms with E-state index >= 15 is 0 Å². The van der Waals surface area contributed by atoms with Crippen molar-refractivity contribution in [3.05, 3.63) is 52.8 Å². The van der Waals surface area contributed by atoms with Crippen LogP contribution in [-0.4, -0.2) is 51.5 Å². The van der Waals surface area contributed by atoms with Crippen LogP contribution in [0.4, 0.5) is 5.69 Å². The number of likely N-dealkylation sites (N-methyl/N-ethyl adjacent to an activating group) is 1. The maximum absolute atomic E-state index is 12.8. The Balaban J connectivity index is 1.69. The highest BCUT2D eigenvalue weighted by molar-refractivity contribution is 6.30. The summed E-state index contributed by atoms with van der Waals surface area (Å²) in [5, 5.41) is 7.65. The van der Waals surface area contributed by atoms with Crippen LogP contribution in [-0.2, 0) is 4.79 Å². The number of ether oxygens (including phenoxy) is 1. The molecule has 4 rings (SSSR count). The van der Waals surface area contributed by atoms with Gasteiger partial charge in [0.05, 0.1) is 19.0 Å². The highest BCUT2D eigenvalue weighted by Crippen LogP contribution is 2.30. The molecule has 0 bridgehead atoms. The van der Waals surface area contributed by atoms with E-state index in [2.05, 4.69) is 15.4 Å². The summed E-state index contributed by atoms with van der Waals surface area (Å²) >= 11 is 5.89. The fourth-order valence-corrected chi connectivity index (χ4v) is 3.60. The van der Waals surface area contributed by atoms with Gasteiger partial charge in [0, 0.05) is 42.2 Å². The topological polar surface area (TPSA) is 88.8 Å². The number of hydrogen-bond acceptors (Lipinski definition) is 5. The molecule has 8 nitrogen and oxygen atoms in total. The molecule has 0 radical (unpaired) electrons. The molecule has 0 aliphatic carbocycles. The third-order valence-corrected chi connectivity index (χ3v) is 5.28. The van der Waals surface area contributed by atoms with Crippen molar-refractivity contribution < 1.29 is 14.3 Å². The van der Waals surface area contributed by atoms with Gasteiger partial charge >= 0.3 is 0 Å². The molecule has 0 spiro atoms. The molecule has 1 atom stereocenters. The molecule has 3 heterocycles. The number of nitrogens with one attached hydrogen (secondary N) is 1. The van der Waals surface area contributed by atoms with E-state index in [0.717, 1.165) is 0 Å². The predicted octanol–water partition coefficient (Wildman–Crippen LogP) is 2.98. The molecule has 1 aromatic carbocycles. The number of nitrogens with zero attached hydrogens (tertiary/aromatic N) is 4. The number of amides is 2. The van der Waals surface area contributed by atoms with Crippen LogP contribution in [0.2, 0.25) is 5.02 Å². The zero-order chi connectivity index (χ0) is 20.5. The zero-order valence-electron chi connectivity index (χ0n) is 16.1. The summed E-state index contributed by atoms with van der Waals surface area (Å²) in [7, 11) is 1.53. The number of anilines is 1. The number of likely N-dealkylation sites (tertiary alicyclic amines) is 1. The molecule has 1 saturated heterocycles. The van der Waals surface area contributed by atoms with Gasteiger partial charge in [-0.1, -0.05) is 11.6 Å². The van der Waals surface area contributed by atoms with Crippen molar-refractivity contribution in [3.8, 4) is 5.88 Å². The van der Waals surface area contributed by atoms with E-state index in [9.17, 15) is 9.59 Å². The van der Waals surface area contributed by atoms with Gasteiger partial charge in [0.15, 0.2) is 5.65 Å². The van der Waals surface area contributed by atoms with Crippen molar-refractivity contribution >= 4 is 34.7 Å². The minimum atomic E-state index is -0.341. The van der Waals surface area contributed by atoms with Gasteiger partial charge in [0.2, 0.25) is 11.8 Å². The van der Waals surface area contributed by atoms with E-state index in [0.29, 0.717) is 53.0 Å². The molecule has 1 aliphatic heterocycles. The molecule has 0 unspecified atom stereocenters. The monoisotopic (exact) mass is 413 g/mol. The maximum atomic E-state index is 12.8. The molecule has 1 fully saturated rings. The lowest BCUT2D eigenvalue weighted by molar-refractivity contribution is -0.127. The van der Waals surface area contributed by atoms with Crippen LogP contribution in [0.5, 0.6) is 5.88 Å². The van der Waals surface area contributed by atoms with Crippen LogP contribution in [0.15, 0.2) is 36.5 Å². The molecular weight excluding hydrogens is 394 g/mol. The second-order valence-electron chi connectivity index (χ2n) is 6.81. The van der Waals surface area contributed by atoms with Gasteiger partial charge in [0.1, 0.15) is 5.56 Å². The highest BCUT2D eigenvalue weighted by atomic mass is 35.5. The molecule has 9 heteroatoms. The second-order valence-corrected chi connectivity index (χ2v) is 7.25. The zero-order valence-corrected chi connectivity index (χ0v) is 16.8. The van der Waals surface area contributed by atoms with Crippen LogP contribution in [0.3, 0.4) is 0 Å². The smallest absolute Gasteiger partial charge is 0.261 e. The minimum absolute atomic E-state index is 0.0524. The first-order valence-electron chi connectivity index (χ1n) is 9.27. The molecular formula is C20H20ClN5O3. The Kier molecular flexibility index (Phi) is 5.10. The summed E-state index contributed by atoms with van der Waals surface area (Å²) in [6.07, 6.45) is 1.85. The summed E-state index contributed by atoms with van der Waals surface area (Å²) in [6.45, 7) is 3.21. The average Bonchev–Trinajstić information content (AvgIpc) is 3.32. The number of carbonyl (C=O) groups excluding carboxylic acids is 2. The van der Waals surface area contributed by atoms with Crippen LogP contribution in [0.1, 0.15) is 35.3 Å². The van der Waals surface area contributed by atoms with Gasteiger partial charge in [-0.25, -0.2) is 4.98 Å². The first-order chi connectivity index (χ1) is 14.0. The van der Waals surface area contributed by atoms with Crippen LogP contribution < -0.4 is 10.1 Å². The lowest BCUT2D eigenvalue weighted by atomic mass is 10.0. The van der Waals surface area contributed by atoms with E-state index in [-0.39, 0.29) is 17.7 Å². The molecule has 2 aromatic heterocycles. The molecule has 3 aromatic rings. The Labute approximate surface area is 172 Å². The summed E-state index contributed by atoms with van der Waals surface area (Å²) < 4.78 is 6.93. The number of aromatic nitrogens is 3. The predicted molar refractivity (Wildman–Crippen MR) is 109 cm³/mol. The normalized spacial score (nSPS) is 16.4. The third kappa shape index (κ3) is 3.63. The van der Waals surface area contributed by atoms with Gasteiger partial charge in [-0.15, -0.1) is 0 Å². The number of rotatable bonds is 5. The highest BCUT2D eigenvalue weighted by Gasteiger charge is 2.31. The van der Waals surface area contributed by atoms with E-state index in [1.165, 1.54) is 17.8 Å². The molecule has 29 heavy (non-hydrogen) atoms. The maximum Gasteiger partial charge on any atom is 0.261 e. The number of hydrogen-bond donors (Lipinski definition) is 1. The first-order valence-corrected chi connectivity index (χ1v) is 9.65. The van der Waals surface area contributed by atoms with E-state index in [1.54, 1.807) is 35.2 Å². The van der Waals surface area contributed by atoms with Gasteiger partial charge in [-0.3, -0.25) is 9.59 Å². The number of carbonyl (C=O) groups is 2. The van der Waals surface area contributed by atoms with Gasteiger partial charge in [-0.05, 0) is 31.2 Å². The van der Waals surface area contributed by atoms with Gasteiger partial charge in [0.25, 0.3) is 5.91 Å². The average molecular weight is 414 g/mol. The van der Waals surface area contributed by atoms with Crippen molar-refractivity contribution in [1.29, 1.82) is 0 Å². The number of fused-ring (bicyclic) bond motifs is 1. The molecule has 1 aliphatic rings. The Morgan fingerprint density at radius 3 is 2.76 bits per heavy atom. The summed E-state index contributed by atoms with van der Waals surface area (Å²) in [6, 6.07) is 8.61. The number of halogens is 1. The van der Waals surface area contributed by atoms with Crippen LogP contribution in [0, 0.1) is 0 Å². The van der Waals surface area contributed by atoms with Gasteiger partial charge in [-0.2, -0.15) is 9.61 Å². The van der Waals surface area contributed by atoms with Crippen LogP contribution in [0.25, 0.3) is 5.65 Å². The van der Waals surface area contributed by atoms with Crippen molar-refractivity contribution in [3.63, 3.8) is 0 Å². The van der Waals surface area contributed by atoms with Gasteiger partial charge < -0.3 is 15.0 Å². The molecule has 150 valence electrons. The summed E-state index contributed by atoms with van der Waals surface area (Å²) in [5.74, 6) is 0.167. The van der Waals surface area contributed by atoms with E-state index in [1.807, 2.05) is 6.92 Å². The van der Waals surface area contributed by atoms with E-state index < -0.39 is 0 Å². The lowest BCUT2D eigenvalue weighted by Gasteiger charge is -2.14. The Morgan fingerprint density at radius 1 is 1.34 bits per heavy atom. The van der Waals surface area contributed by atoms with Crippen molar-refractivity contribution in [1.82, 2.24) is 19.5 Å². The molecule has 0 saturated carbocycles. The Hall–Kier alpha value is -3.13.